The lowest BCUT2D eigenvalue weighted by molar-refractivity contribution is -0.0123. The number of hydrogen-bond acceptors (Lipinski definition) is 3. The highest BCUT2D eigenvalue weighted by atomic mass is 16.8. The van der Waals surface area contributed by atoms with Crippen LogP contribution in [0.25, 0.3) is 0 Å². The molecule has 1 heterocycles. The zero-order valence-electron chi connectivity index (χ0n) is 5.88. The number of ether oxygens (including phenoxy) is 1. The molecule has 0 amide bonds. The van der Waals surface area contributed by atoms with Crippen molar-refractivity contribution in [2.45, 2.75) is 32.3 Å². The van der Waals surface area contributed by atoms with Crippen LogP contribution < -0.4 is 0 Å². The van der Waals surface area contributed by atoms with E-state index < -0.39 is 11.6 Å². The van der Waals surface area contributed by atoms with E-state index in [2.05, 4.69) is 4.74 Å². The Bertz CT molecular complexity index is 130. The summed E-state index contributed by atoms with van der Waals surface area (Å²) in [5.41, 5.74) is 0. The molecule has 1 aliphatic rings. The second-order valence-electron chi connectivity index (χ2n) is 2.94. The number of rotatable bonds is 1. The summed E-state index contributed by atoms with van der Waals surface area (Å²) in [5, 5.41) is 18.3. The van der Waals surface area contributed by atoms with E-state index in [1.807, 2.05) is 0 Å². The SMILES string of the molecule is CC(C)C1(O)OC1(C)O. The topological polar surface area (TPSA) is 53.0 Å². The third-order valence-corrected chi connectivity index (χ3v) is 1.76. The van der Waals surface area contributed by atoms with Crippen molar-refractivity contribution >= 4 is 0 Å². The van der Waals surface area contributed by atoms with Gasteiger partial charge in [-0.15, -0.1) is 0 Å². The minimum absolute atomic E-state index is 0.0625. The van der Waals surface area contributed by atoms with Crippen LogP contribution in [0.4, 0.5) is 0 Å². The molecule has 2 unspecified atom stereocenters. The number of hydrogen-bond donors (Lipinski definition) is 2. The van der Waals surface area contributed by atoms with Crippen LogP contribution >= 0.6 is 0 Å². The molecule has 0 aromatic carbocycles. The number of epoxide rings is 1. The molecule has 3 nitrogen and oxygen atoms in total. The van der Waals surface area contributed by atoms with Crippen molar-refractivity contribution in [2.24, 2.45) is 5.92 Å². The molecule has 1 rings (SSSR count). The van der Waals surface area contributed by atoms with Gasteiger partial charge in [-0.3, -0.25) is 0 Å². The van der Waals surface area contributed by atoms with Gasteiger partial charge >= 0.3 is 0 Å². The van der Waals surface area contributed by atoms with Crippen LogP contribution in [0.1, 0.15) is 20.8 Å². The monoisotopic (exact) mass is 132 g/mol. The van der Waals surface area contributed by atoms with Gasteiger partial charge in [0.05, 0.1) is 0 Å². The van der Waals surface area contributed by atoms with Gasteiger partial charge in [0.2, 0.25) is 11.6 Å². The summed E-state index contributed by atoms with van der Waals surface area (Å²) in [6.07, 6.45) is 0. The maximum atomic E-state index is 9.26. The van der Waals surface area contributed by atoms with Crippen LogP contribution in [-0.2, 0) is 4.74 Å². The van der Waals surface area contributed by atoms with Gasteiger partial charge in [-0.2, -0.15) is 0 Å². The van der Waals surface area contributed by atoms with Crippen molar-refractivity contribution in [3.8, 4) is 0 Å². The van der Waals surface area contributed by atoms with Crippen LogP contribution in [-0.4, -0.2) is 21.8 Å². The minimum Gasteiger partial charge on any atom is -0.361 e. The Morgan fingerprint density at radius 3 is 1.67 bits per heavy atom. The second-order valence-corrected chi connectivity index (χ2v) is 2.94. The molecule has 9 heavy (non-hydrogen) atoms. The van der Waals surface area contributed by atoms with Gasteiger partial charge < -0.3 is 14.9 Å². The Kier molecular flexibility index (Phi) is 1.15. The summed E-state index contributed by atoms with van der Waals surface area (Å²) < 4.78 is 4.66. The largest absolute Gasteiger partial charge is 0.361 e. The lowest BCUT2D eigenvalue weighted by Crippen LogP contribution is -2.28. The van der Waals surface area contributed by atoms with Crippen molar-refractivity contribution in [1.82, 2.24) is 0 Å². The van der Waals surface area contributed by atoms with E-state index in [1.165, 1.54) is 6.92 Å². The van der Waals surface area contributed by atoms with E-state index in [1.54, 1.807) is 13.8 Å². The molecule has 3 heteroatoms. The van der Waals surface area contributed by atoms with Crippen molar-refractivity contribution in [3.05, 3.63) is 0 Å². The molecule has 0 spiro atoms. The molecular formula is C6H12O3. The summed E-state index contributed by atoms with van der Waals surface area (Å²) in [4.78, 5) is 0. The molecule has 0 saturated carbocycles. The minimum atomic E-state index is -1.32. The van der Waals surface area contributed by atoms with Gasteiger partial charge in [0.25, 0.3) is 0 Å². The summed E-state index contributed by atoms with van der Waals surface area (Å²) in [6.45, 7) is 5.04. The average Bonchev–Trinajstić information content (AvgIpc) is 2.08. The first-order valence-electron chi connectivity index (χ1n) is 3.05. The highest BCUT2D eigenvalue weighted by Gasteiger charge is 2.68. The summed E-state index contributed by atoms with van der Waals surface area (Å²) in [7, 11) is 0. The zero-order chi connectivity index (χ0) is 7.28. The normalized spacial score (nSPS) is 50.0. The van der Waals surface area contributed by atoms with E-state index in [4.69, 9.17) is 5.11 Å². The van der Waals surface area contributed by atoms with E-state index >= 15 is 0 Å². The molecule has 2 N–H and O–H groups in total. The second kappa shape index (κ2) is 1.48. The van der Waals surface area contributed by atoms with E-state index in [-0.39, 0.29) is 5.92 Å². The van der Waals surface area contributed by atoms with Gasteiger partial charge in [-0.05, 0) is 6.92 Å². The van der Waals surface area contributed by atoms with Crippen LogP contribution in [0.5, 0.6) is 0 Å². The van der Waals surface area contributed by atoms with Crippen molar-refractivity contribution < 1.29 is 14.9 Å². The standard InChI is InChI=1S/C6H12O3/c1-4(2)6(8)5(3,7)9-6/h4,7-8H,1-3H3. The molecule has 0 aliphatic carbocycles. The van der Waals surface area contributed by atoms with Crippen LogP contribution in [0, 0.1) is 5.92 Å². The Labute approximate surface area is 54.3 Å². The smallest absolute Gasteiger partial charge is 0.225 e. The highest BCUT2D eigenvalue weighted by molar-refractivity contribution is 4.98. The Morgan fingerprint density at radius 2 is 1.67 bits per heavy atom. The first-order valence-corrected chi connectivity index (χ1v) is 3.05. The molecule has 54 valence electrons. The highest BCUT2D eigenvalue weighted by Crippen LogP contribution is 2.48. The molecule has 1 aliphatic heterocycles. The van der Waals surface area contributed by atoms with Crippen molar-refractivity contribution in [1.29, 1.82) is 0 Å². The van der Waals surface area contributed by atoms with E-state index in [9.17, 15) is 5.11 Å². The molecule has 2 atom stereocenters. The molecule has 1 fully saturated rings. The first-order chi connectivity index (χ1) is 3.90. The summed E-state index contributed by atoms with van der Waals surface area (Å²) in [5.74, 6) is -2.68. The third kappa shape index (κ3) is 0.764. The predicted molar refractivity (Wildman–Crippen MR) is 31.5 cm³/mol. The van der Waals surface area contributed by atoms with Crippen LogP contribution in [0.2, 0.25) is 0 Å². The Balaban J connectivity index is 2.63. The maximum Gasteiger partial charge on any atom is 0.225 e. The fourth-order valence-corrected chi connectivity index (χ4v) is 0.931. The molecule has 1 saturated heterocycles. The lowest BCUT2D eigenvalue weighted by atomic mass is 10.0. The fraction of sp³-hybridized carbons (Fsp3) is 1.00. The lowest BCUT2D eigenvalue weighted by Gasteiger charge is -2.09. The quantitative estimate of drug-likeness (QED) is 0.496. The predicted octanol–water partition coefficient (Wildman–Crippen LogP) is 0.0697. The molecule has 0 aromatic heterocycles. The van der Waals surface area contributed by atoms with Crippen LogP contribution in [0.15, 0.2) is 0 Å². The summed E-state index contributed by atoms with van der Waals surface area (Å²) >= 11 is 0. The Hall–Kier alpha value is -0.120. The fourth-order valence-electron chi connectivity index (χ4n) is 0.931. The number of aliphatic hydroxyl groups is 2. The van der Waals surface area contributed by atoms with Crippen molar-refractivity contribution in [2.75, 3.05) is 0 Å². The van der Waals surface area contributed by atoms with Gasteiger partial charge in [-0.25, -0.2) is 0 Å². The Morgan fingerprint density at radius 1 is 1.33 bits per heavy atom. The molecule has 0 radical (unpaired) electrons. The van der Waals surface area contributed by atoms with Crippen LogP contribution in [0.3, 0.4) is 0 Å². The third-order valence-electron chi connectivity index (χ3n) is 1.76. The van der Waals surface area contributed by atoms with Gasteiger partial charge in [0, 0.05) is 5.92 Å². The summed E-state index contributed by atoms with van der Waals surface area (Å²) in [6, 6.07) is 0. The zero-order valence-corrected chi connectivity index (χ0v) is 5.88. The van der Waals surface area contributed by atoms with Crippen molar-refractivity contribution in [3.63, 3.8) is 0 Å². The van der Waals surface area contributed by atoms with Gasteiger partial charge in [0.15, 0.2) is 0 Å². The average molecular weight is 132 g/mol. The molecular weight excluding hydrogens is 120 g/mol. The van der Waals surface area contributed by atoms with Gasteiger partial charge in [-0.1, -0.05) is 13.8 Å². The first kappa shape index (κ1) is 6.99. The molecule has 0 bridgehead atoms. The molecule has 0 aromatic rings. The maximum absolute atomic E-state index is 9.26. The van der Waals surface area contributed by atoms with Gasteiger partial charge in [0.1, 0.15) is 0 Å². The van der Waals surface area contributed by atoms with E-state index in [0.29, 0.717) is 0 Å². The van der Waals surface area contributed by atoms with E-state index in [0.717, 1.165) is 0 Å².